The Hall–Kier alpha value is -1.07. The lowest BCUT2D eigenvalue weighted by molar-refractivity contribution is 0.543. The molecule has 0 unspecified atom stereocenters. The number of imidazole rings is 1. The third-order valence-electron chi connectivity index (χ3n) is 4.43. The summed E-state index contributed by atoms with van der Waals surface area (Å²) in [6.07, 6.45) is 8.89. The molecule has 0 amide bonds. The van der Waals surface area contributed by atoms with E-state index in [4.69, 9.17) is 4.98 Å². The topological polar surface area (TPSA) is 32.6 Å². The number of fused-ring (bicyclic) bond motifs is 1. The number of rotatable bonds is 7. The van der Waals surface area contributed by atoms with Crippen molar-refractivity contribution in [2.75, 3.05) is 25.0 Å². The molecule has 0 radical (unpaired) electrons. The zero-order chi connectivity index (χ0) is 14.7. The van der Waals surface area contributed by atoms with Gasteiger partial charge in [-0.2, -0.15) is 0 Å². The SMILES string of the molecule is CCCNCc1c(N(C)CC2CCCC2)nc2sccn12. The van der Waals surface area contributed by atoms with Gasteiger partial charge < -0.3 is 10.2 Å². The standard InChI is InChI=1S/C16H26N4S/c1-3-8-17-11-14-15(18-16-20(14)9-10-21-16)19(2)12-13-6-4-5-7-13/h9-10,13,17H,3-8,11-12H2,1-2H3. The van der Waals surface area contributed by atoms with Gasteiger partial charge in [-0.3, -0.25) is 4.40 Å². The van der Waals surface area contributed by atoms with Gasteiger partial charge in [-0.1, -0.05) is 19.8 Å². The van der Waals surface area contributed by atoms with Crippen molar-refractivity contribution < 1.29 is 0 Å². The molecule has 1 saturated carbocycles. The maximum absolute atomic E-state index is 4.86. The summed E-state index contributed by atoms with van der Waals surface area (Å²) in [6.45, 7) is 5.31. The van der Waals surface area contributed by atoms with Gasteiger partial charge >= 0.3 is 0 Å². The lowest BCUT2D eigenvalue weighted by Gasteiger charge is -2.22. The van der Waals surface area contributed by atoms with Crippen molar-refractivity contribution in [3.05, 3.63) is 17.3 Å². The maximum Gasteiger partial charge on any atom is 0.195 e. The molecule has 3 rings (SSSR count). The molecule has 4 nitrogen and oxygen atoms in total. The lowest BCUT2D eigenvalue weighted by Crippen LogP contribution is -2.26. The molecule has 0 atom stereocenters. The number of hydrogen-bond acceptors (Lipinski definition) is 4. The second-order valence-electron chi connectivity index (χ2n) is 6.15. The number of nitrogens with one attached hydrogen (secondary N) is 1. The minimum Gasteiger partial charge on any atom is -0.358 e. The zero-order valence-corrected chi connectivity index (χ0v) is 14.0. The normalized spacial score (nSPS) is 16.1. The van der Waals surface area contributed by atoms with E-state index in [9.17, 15) is 0 Å². The number of hydrogen-bond donors (Lipinski definition) is 1. The van der Waals surface area contributed by atoms with Crippen molar-refractivity contribution in [2.24, 2.45) is 5.92 Å². The summed E-state index contributed by atoms with van der Waals surface area (Å²) in [7, 11) is 2.20. The van der Waals surface area contributed by atoms with Crippen molar-refractivity contribution in [1.29, 1.82) is 0 Å². The Kier molecular flexibility index (Phi) is 4.80. The van der Waals surface area contributed by atoms with E-state index in [1.54, 1.807) is 11.3 Å². The highest BCUT2D eigenvalue weighted by Crippen LogP contribution is 2.29. The van der Waals surface area contributed by atoms with E-state index in [0.717, 1.165) is 36.3 Å². The van der Waals surface area contributed by atoms with Gasteiger partial charge in [-0.25, -0.2) is 4.98 Å². The zero-order valence-electron chi connectivity index (χ0n) is 13.1. The van der Waals surface area contributed by atoms with E-state index in [2.05, 4.69) is 40.2 Å². The first-order valence-electron chi connectivity index (χ1n) is 8.16. The summed E-state index contributed by atoms with van der Waals surface area (Å²) >= 11 is 1.72. The molecule has 1 aliphatic carbocycles. The van der Waals surface area contributed by atoms with Crippen LogP contribution in [0.25, 0.3) is 4.96 Å². The van der Waals surface area contributed by atoms with Gasteiger partial charge in [0.15, 0.2) is 10.8 Å². The molecule has 1 fully saturated rings. The Bertz CT molecular complexity index is 568. The van der Waals surface area contributed by atoms with Gasteiger partial charge in [0.2, 0.25) is 0 Å². The average Bonchev–Trinajstić information content (AvgIpc) is 3.16. The van der Waals surface area contributed by atoms with Crippen LogP contribution in [0.1, 0.15) is 44.7 Å². The van der Waals surface area contributed by atoms with Crippen LogP contribution in [-0.2, 0) is 6.54 Å². The molecular formula is C16H26N4S. The first kappa shape index (κ1) is 14.9. The van der Waals surface area contributed by atoms with Gasteiger partial charge in [0.05, 0.1) is 5.69 Å². The Labute approximate surface area is 131 Å². The van der Waals surface area contributed by atoms with E-state index in [-0.39, 0.29) is 0 Å². The first-order chi connectivity index (χ1) is 10.3. The van der Waals surface area contributed by atoms with Crippen LogP contribution in [0.15, 0.2) is 11.6 Å². The van der Waals surface area contributed by atoms with Crippen LogP contribution in [-0.4, -0.2) is 29.5 Å². The molecule has 2 aromatic heterocycles. The van der Waals surface area contributed by atoms with E-state index in [0.29, 0.717) is 0 Å². The maximum atomic E-state index is 4.86. The second-order valence-corrected chi connectivity index (χ2v) is 7.02. The van der Waals surface area contributed by atoms with Crippen molar-refractivity contribution in [3.63, 3.8) is 0 Å². The Morgan fingerprint density at radius 1 is 1.43 bits per heavy atom. The largest absolute Gasteiger partial charge is 0.358 e. The number of nitrogens with zero attached hydrogens (tertiary/aromatic N) is 3. The molecule has 2 aromatic rings. The molecule has 1 aliphatic rings. The quantitative estimate of drug-likeness (QED) is 0.794. The molecule has 1 N–H and O–H groups in total. The van der Waals surface area contributed by atoms with Crippen LogP contribution in [0, 0.1) is 5.92 Å². The second kappa shape index (κ2) is 6.79. The fraction of sp³-hybridized carbons (Fsp3) is 0.688. The molecule has 21 heavy (non-hydrogen) atoms. The molecule has 0 aromatic carbocycles. The van der Waals surface area contributed by atoms with Crippen LogP contribution in [0.5, 0.6) is 0 Å². The predicted molar refractivity (Wildman–Crippen MR) is 90.3 cm³/mol. The fourth-order valence-electron chi connectivity index (χ4n) is 3.34. The van der Waals surface area contributed by atoms with Crippen molar-refractivity contribution >= 4 is 22.1 Å². The number of anilines is 1. The molecule has 2 heterocycles. The van der Waals surface area contributed by atoms with Crippen molar-refractivity contribution in [1.82, 2.24) is 14.7 Å². The van der Waals surface area contributed by atoms with Crippen molar-refractivity contribution in [3.8, 4) is 0 Å². The third kappa shape index (κ3) is 3.24. The summed E-state index contributed by atoms with van der Waals surface area (Å²) in [5.41, 5.74) is 1.31. The summed E-state index contributed by atoms with van der Waals surface area (Å²) in [5.74, 6) is 2.02. The predicted octanol–water partition coefficient (Wildman–Crippen LogP) is 3.52. The Morgan fingerprint density at radius 3 is 3.00 bits per heavy atom. The summed E-state index contributed by atoms with van der Waals surface area (Å²) in [6, 6.07) is 0. The number of thiazole rings is 1. The molecule has 0 saturated heterocycles. The minimum absolute atomic E-state index is 0.853. The fourth-order valence-corrected chi connectivity index (χ4v) is 4.07. The minimum atomic E-state index is 0.853. The highest BCUT2D eigenvalue weighted by molar-refractivity contribution is 7.15. The van der Waals surface area contributed by atoms with Crippen LogP contribution >= 0.6 is 11.3 Å². The average molecular weight is 306 g/mol. The van der Waals surface area contributed by atoms with E-state index in [1.165, 1.54) is 37.8 Å². The Morgan fingerprint density at radius 2 is 2.24 bits per heavy atom. The van der Waals surface area contributed by atoms with E-state index < -0.39 is 0 Å². The van der Waals surface area contributed by atoms with Crippen LogP contribution in [0.4, 0.5) is 5.82 Å². The smallest absolute Gasteiger partial charge is 0.195 e. The highest BCUT2D eigenvalue weighted by Gasteiger charge is 2.21. The monoisotopic (exact) mass is 306 g/mol. The van der Waals surface area contributed by atoms with Gasteiger partial charge in [-0.05, 0) is 31.7 Å². The third-order valence-corrected chi connectivity index (χ3v) is 5.18. The molecule has 0 bridgehead atoms. The molecule has 0 spiro atoms. The molecular weight excluding hydrogens is 280 g/mol. The van der Waals surface area contributed by atoms with Gasteiger partial charge in [0.25, 0.3) is 0 Å². The van der Waals surface area contributed by atoms with Gasteiger partial charge in [0, 0.05) is 31.7 Å². The van der Waals surface area contributed by atoms with Crippen molar-refractivity contribution in [2.45, 2.75) is 45.6 Å². The molecule has 0 aliphatic heterocycles. The lowest BCUT2D eigenvalue weighted by atomic mass is 10.1. The molecule has 116 valence electrons. The van der Waals surface area contributed by atoms with E-state index >= 15 is 0 Å². The van der Waals surface area contributed by atoms with Crippen LogP contribution in [0.3, 0.4) is 0 Å². The summed E-state index contributed by atoms with van der Waals surface area (Å²) in [5, 5.41) is 5.64. The van der Waals surface area contributed by atoms with E-state index in [1.807, 2.05) is 0 Å². The Balaban J connectivity index is 1.78. The van der Waals surface area contributed by atoms with Gasteiger partial charge in [0.1, 0.15) is 0 Å². The van der Waals surface area contributed by atoms with Crippen LogP contribution < -0.4 is 10.2 Å². The summed E-state index contributed by atoms with van der Waals surface area (Å²) in [4.78, 5) is 8.34. The highest BCUT2D eigenvalue weighted by atomic mass is 32.1. The molecule has 5 heteroatoms. The first-order valence-corrected chi connectivity index (χ1v) is 9.03. The van der Waals surface area contributed by atoms with Gasteiger partial charge in [-0.15, -0.1) is 11.3 Å². The van der Waals surface area contributed by atoms with Crippen LogP contribution in [0.2, 0.25) is 0 Å². The summed E-state index contributed by atoms with van der Waals surface area (Å²) < 4.78 is 2.24. The number of aromatic nitrogens is 2.